The monoisotopic (exact) mass is 274 g/mol. The molecule has 1 aliphatic carbocycles. The second-order valence-corrected chi connectivity index (χ2v) is 6.56. The highest BCUT2D eigenvalue weighted by atomic mass is 15.1. The smallest absolute Gasteiger partial charge is 0.0396 e. The molecule has 0 amide bonds. The summed E-state index contributed by atoms with van der Waals surface area (Å²) in [5, 5.41) is 3.49. The highest BCUT2D eigenvalue weighted by Crippen LogP contribution is 2.28. The second-order valence-electron chi connectivity index (χ2n) is 6.56. The van der Waals surface area contributed by atoms with E-state index >= 15 is 0 Å². The van der Waals surface area contributed by atoms with E-state index < -0.39 is 0 Å². The van der Waals surface area contributed by atoms with E-state index in [1.807, 2.05) is 0 Å². The fraction of sp³-hybridized carbons (Fsp3) is 0.667. The Morgan fingerprint density at radius 3 is 2.50 bits per heavy atom. The lowest BCUT2D eigenvalue weighted by atomic mass is 9.93. The van der Waals surface area contributed by atoms with Crippen molar-refractivity contribution in [3.05, 3.63) is 29.3 Å². The van der Waals surface area contributed by atoms with Crippen LogP contribution in [0.25, 0.3) is 0 Å². The number of rotatable bonds is 5. The van der Waals surface area contributed by atoms with Gasteiger partial charge >= 0.3 is 0 Å². The van der Waals surface area contributed by atoms with Gasteiger partial charge in [-0.25, -0.2) is 0 Å². The molecule has 0 unspecified atom stereocenters. The minimum atomic E-state index is 0.542. The average molecular weight is 274 g/mol. The van der Waals surface area contributed by atoms with E-state index in [0.717, 1.165) is 12.6 Å². The third kappa shape index (κ3) is 3.99. The van der Waals surface area contributed by atoms with Gasteiger partial charge in [0.05, 0.1) is 0 Å². The van der Waals surface area contributed by atoms with Crippen LogP contribution in [-0.4, -0.2) is 19.1 Å². The Kier molecular flexibility index (Phi) is 5.47. The van der Waals surface area contributed by atoms with Crippen LogP contribution in [0.5, 0.6) is 0 Å². The van der Waals surface area contributed by atoms with Crippen molar-refractivity contribution in [3.63, 3.8) is 0 Å². The maximum Gasteiger partial charge on any atom is 0.0396 e. The third-order valence-electron chi connectivity index (χ3n) is 4.48. The molecule has 2 nitrogen and oxygen atoms in total. The average Bonchev–Trinajstić information content (AvgIpc) is 2.45. The van der Waals surface area contributed by atoms with E-state index in [0.29, 0.717) is 6.04 Å². The normalized spacial score (nSPS) is 16.6. The predicted octanol–water partition coefficient (Wildman–Crippen LogP) is 4.26. The molecule has 2 rings (SSSR count). The number of hydrogen-bond acceptors (Lipinski definition) is 2. The second kappa shape index (κ2) is 7.12. The van der Waals surface area contributed by atoms with Gasteiger partial charge in [-0.05, 0) is 37.0 Å². The predicted molar refractivity (Wildman–Crippen MR) is 88.4 cm³/mol. The van der Waals surface area contributed by atoms with Gasteiger partial charge in [0.15, 0.2) is 0 Å². The van der Waals surface area contributed by atoms with Gasteiger partial charge in [0.1, 0.15) is 0 Å². The van der Waals surface area contributed by atoms with Gasteiger partial charge in [-0.15, -0.1) is 0 Å². The number of anilines is 1. The van der Waals surface area contributed by atoms with Crippen molar-refractivity contribution in [3.8, 4) is 0 Å². The molecule has 0 heterocycles. The Labute approximate surface area is 124 Å². The molecule has 1 aromatic carbocycles. The van der Waals surface area contributed by atoms with Crippen molar-refractivity contribution >= 4 is 5.69 Å². The molecular weight excluding hydrogens is 244 g/mol. The van der Waals surface area contributed by atoms with Crippen molar-refractivity contribution in [2.75, 3.05) is 11.9 Å². The summed E-state index contributed by atoms with van der Waals surface area (Å²) >= 11 is 0. The van der Waals surface area contributed by atoms with Crippen LogP contribution >= 0.6 is 0 Å². The van der Waals surface area contributed by atoms with Crippen molar-refractivity contribution < 1.29 is 0 Å². The molecule has 0 aliphatic heterocycles. The molecule has 0 radical (unpaired) electrons. The lowest BCUT2D eigenvalue weighted by Crippen LogP contribution is -2.33. The van der Waals surface area contributed by atoms with Crippen LogP contribution in [0.2, 0.25) is 0 Å². The summed E-state index contributed by atoms with van der Waals surface area (Å²) < 4.78 is 0. The fourth-order valence-corrected chi connectivity index (χ4v) is 3.21. The first-order valence-corrected chi connectivity index (χ1v) is 8.13. The highest BCUT2D eigenvalue weighted by Gasteiger charge is 2.19. The van der Waals surface area contributed by atoms with Crippen LogP contribution in [0.3, 0.4) is 0 Å². The zero-order chi connectivity index (χ0) is 14.5. The molecule has 1 fully saturated rings. The van der Waals surface area contributed by atoms with Gasteiger partial charge in [-0.2, -0.15) is 0 Å². The molecule has 2 heteroatoms. The highest BCUT2D eigenvalue weighted by molar-refractivity contribution is 5.54. The largest absolute Gasteiger partial charge is 0.371 e. The topological polar surface area (TPSA) is 15.3 Å². The zero-order valence-electron chi connectivity index (χ0n) is 13.6. The van der Waals surface area contributed by atoms with Crippen molar-refractivity contribution in [2.45, 2.75) is 71.5 Å². The van der Waals surface area contributed by atoms with Crippen LogP contribution in [-0.2, 0) is 6.54 Å². The van der Waals surface area contributed by atoms with Gasteiger partial charge < -0.3 is 10.2 Å². The number of aryl methyl sites for hydroxylation is 1. The molecule has 112 valence electrons. The lowest BCUT2D eigenvalue weighted by Gasteiger charge is -2.34. The molecular formula is C18H30N2. The van der Waals surface area contributed by atoms with Crippen LogP contribution in [0.1, 0.15) is 57.1 Å². The summed E-state index contributed by atoms with van der Waals surface area (Å²) in [4.78, 5) is 2.51. The lowest BCUT2D eigenvalue weighted by molar-refractivity contribution is 0.427. The van der Waals surface area contributed by atoms with Crippen molar-refractivity contribution in [1.82, 2.24) is 5.32 Å². The van der Waals surface area contributed by atoms with Gasteiger partial charge in [0.2, 0.25) is 0 Å². The van der Waals surface area contributed by atoms with Crippen LogP contribution in [0.15, 0.2) is 18.2 Å². The van der Waals surface area contributed by atoms with Gasteiger partial charge in [-0.3, -0.25) is 0 Å². The van der Waals surface area contributed by atoms with E-state index in [4.69, 9.17) is 0 Å². The molecule has 1 saturated carbocycles. The van der Waals surface area contributed by atoms with Crippen LogP contribution in [0.4, 0.5) is 5.69 Å². The van der Waals surface area contributed by atoms with Gasteiger partial charge in [0, 0.05) is 31.4 Å². The summed E-state index contributed by atoms with van der Waals surface area (Å²) in [5.74, 6) is 0. The molecule has 1 N–H and O–H groups in total. The number of hydrogen-bond donors (Lipinski definition) is 1. The minimum Gasteiger partial charge on any atom is -0.371 e. The SMILES string of the molecule is Cc1cc(CNC(C)C)ccc1N(C)C1CCCCC1. The minimum absolute atomic E-state index is 0.542. The molecule has 0 bridgehead atoms. The maximum atomic E-state index is 3.49. The van der Waals surface area contributed by atoms with Crippen LogP contribution < -0.4 is 10.2 Å². The van der Waals surface area contributed by atoms with Crippen molar-refractivity contribution in [2.24, 2.45) is 0 Å². The quantitative estimate of drug-likeness (QED) is 0.863. The van der Waals surface area contributed by atoms with E-state index in [-0.39, 0.29) is 0 Å². The van der Waals surface area contributed by atoms with Gasteiger partial charge in [-0.1, -0.05) is 45.2 Å². The third-order valence-corrected chi connectivity index (χ3v) is 4.48. The summed E-state index contributed by atoms with van der Waals surface area (Å²) in [6.45, 7) is 7.59. The Morgan fingerprint density at radius 1 is 1.20 bits per heavy atom. The first-order chi connectivity index (χ1) is 9.58. The maximum absolute atomic E-state index is 3.49. The zero-order valence-corrected chi connectivity index (χ0v) is 13.6. The number of benzene rings is 1. The Morgan fingerprint density at radius 2 is 1.90 bits per heavy atom. The standard InChI is InChI=1S/C18H30N2/c1-14(2)19-13-16-10-11-18(15(3)12-16)20(4)17-8-6-5-7-9-17/h10-12,14,17,19H,5-9,13H2,1-4H3. The molecule has 20 heavy (non-hydrogen) atoms. The fourth-order valence-electron chi connectivity index (χ4n) is 3.21. The van der Waals surface area contributed by atoms with Crippen molar-refractivity contribution in [1.29, 1.82) is 0 Å². The number of nitrogens with zero attached hydrogens (tertiary/aromatic N) is 1. The number of nitrogens with one attached hydrogen (secondary N) is 1. The summed E-state index contributed by atoms with van der Waals surface area (Å²) in [7, 11) is 2.27. The first-order valence-electron chi connectivity index (χ1n) is 8.13. The Bertz CT molecular complexity index is 419. The van der Waals surface area contributed by atoms with Crippen LogP contribution in [0, 0.1) is 6.92 Å². The van der Waals surface area contributed by atoms with E-state index in [9.17, 15) is 0 Å². The Balaban J connectivity index is 2.04. The van der Waals surface area contributed by atoms with E-state index in [1.54, 1.807) is 0 Å². The summed E-state index contributed by atoms with van der Waals surface area (Å²) in [6.07, 6.45) is 6.91. The van der Waals surface area contributed by atoms with E-state index in [2.05, 4.69) is 56.2 Å². The van der Waals surface area contributed by atoms with Gasteiger partial charge in [0.25, 0.3) is 0 Å². The Hall–Kier alpha value is -1.02. The molecule has 0 atom stereocenters. The van der Waals surface area contributed by atoms with E-state index in [1.165, 1.54) is 48.9 Å². The first kappa shape index (κ1) is 15.4. The molecule has 1 aromatic rings. The molecule has 0 saturated heterocycles. The summed E-state index contributed by atoms with van der Waals surface area (Å²) in [5.41, 5.74) is 4.20. The molecule has 0 spiro atoms. The molecule has 0 aromatic heterocycles. The molecule has 1 aliphatic rings. The summed E-state index contributed by atoms with van der Waals surface area (Å²) in [6, 6.07) is 8.20.